The summed E-state index contributed by atoms with van der Waals surface area (Å²) in [5.74, 6) is 0. The van der Waals surface area contributed by atoms with Crippen LogP contribution in [0.2, 0.25) is 6.80 Å². The molecule has 59 valence electrons. The maximum absolute atomic E-state index is 7.16. The summed E-state index contributed by atoms with van der Waals surface area (Å²) in [6.45, 7) is 2.46. The van der Waals surface area contributed by atoms with E-state index < -0.39 is 0 Å². The molecule has 0 aliphatic heterocycles. The summed E-state index contributed by atoms with van der Waals surface area (Å²) in [6, 6.07) is 6.47. The minimum absolute atomic E-state index is 0.361. The molecular weight excluding hydrogens is 163 g/mol. The van der Waals surface area contributed by atoms with Crippen LogP contribution in [0.1, 0.15) is 6.93 Å². The minimum atomic E-state index is 0.361. The van der Waals surface area contributed by atoms with Gasteiger partial charge in [-0.1, -0.05) is 30.0 Å². The highest BCUT2D eigenvalue weighted by Gasteiger charge is 2.01. The highest BCUT2D eigenvalue weighted by atomic mass is 32.1. The molecule has 2 heteroatoms. The van der Waals surface area contributed by atoms with E-state index in [1.54, 1.807) is 11.3 Å². The molecule has 0 fully saturated rings. The number of fused-ring (bicyclic) bond motifs is 1. The molecule has 2 aromatic rings. The fourth-order valence-electron chi connectivity index (χ4n) is 1.32. The Labute approximate surface area is 78.9 Å². The first-order valence-electron chi connectivity index (χ1n) is 4.62. The monoisotopic (exact) mass is 174 g/mol. The highest BCUT2D eigenvalue weighted by molar-refractivity contribution is 7.18. The third-order valence-electron chi connectivity index (χ3n) is 1.98. The first-order chi connectivity index (χ1) is 6.31. The summed E-state index contributed by atoms with van der Waals surface area (Å²) >= 11 is 1.75. The molecule has 1 aromatic carbocycles. The van der Waals surface area contributed by atoms with Crippen LogP contribution < -0.4 is 5.46 Å². The van der Waals surface area contributed by atoms with E-state index in [-0.39, 0.29) is 0 Å². The van der Waals surface area contributed by atoms with Crippen LogP contribution in [0.5, 0.6) is 0 Å². The minimum Gasteiger partial charge on any atom is -0.144 e. The Morgan fingerprint density at radius 1 is 1.50 bits per heavy atom. The van der Waals surface area contributed by atoms with Crippen molar-refractivity contribution in [3.8, 4) is 0 Å². The smallest absolute Gasteiger partial charge is 0.144 e. The summed E-state index contributed by atoms with van der Waals surface area (Å²) in [5, 5.41) is 3.41. The molecule has 1 radical (unpaired) electrons. The predicted octanol–water partition coefficient (Wildman–Crippen LogP) is 2.59. The van der Waals surface area contributed by atoms with Crippen LogP contribution in [0.25, 0.3) is 10.1 Å². The molecule has 0 saturated heterocycles. The molecule has 0 N–H and O–H groups in total. The van der Waals surface area contributed by atoms with Crippen molar-refractivity contribution in [2.24, 2.45) is 0 Å². The molecule has 0 aliphatic rings. The van der Waals surface area contributed by atoms with Crippen LogP contribution in [0, 0.1) is 6.92 Å². The summed E-state index contributed by atoms with van der Waals surface area (Å²) in [6.07, 6.45) is 0. The second kappa shape index (κ2) is 2.94. The number of aryl methyl sites for hydroxylation is 1. The van der Waals surface area contributed by atoms with Crippen molar-refractivity contribution in [1.82, 2.24) is 0 Å². The Bertz CT molecular complexity index is 422. The van der Waals surface area contributed by atoms with Crippen LogP contribution >= 0.6 is 11.3 Å². The predicted molar refractivity (Wildman–Crippen MR) is 57.8 cm³/mol. The van der Waals surface area contributed by atoms with Crippen molar-refractivity contribution in [2.75, 3.05) is 0 Å². The summed E-state index contributed by atoms with van der Waals surface area (Å²) in [4.78, 5) is 0. The molecule has 1 heterocycles. The third-order valence-corrected chi connectivity index (χ3v) is 2.96. The van der Waals surface area contributed by atoms with Crippen molar-refractivity contribution in [2.45, 2.75) is 13.7 Å². The van der Waals surface area contributed by atoms with E-state index in [9.17, 15) is 0 Å². The number of thiophene rings is 1. The van der Waals surface area contributed by atoms with E-state index in [0.29, 0.717) is 6.80 Å². The lowest BCUT2D eigenvalue weighted by atomic mass is 9.73. The zero-order valence-corrected chi connectivity index (χ0v) is 7.82. The number of benzene rings is 1. The molecule has 12 heavy (non-hydrogen) atoms. The van der Waals surface area contributed by atoms with Crippen LogP contribution in [0.15, 0.2) is 23.6 Å². The summed E-state index contributed by atoms with van der Waals surface area (Å²) in [7, 11) is 1.96. The largest absolute Gasteiger partial charge is 0.150 e. The molecule has 0 amide bonds. The standard InChI is InChI=1S/C10H10BS/c1-7-3-4-10-8(5-7)9(11-2)6-12-10/h3-6H,1-2H3/i2D. The van der Waals surface area contributed by atoms with Gasteiger partial charge in [0.15, 0.2) is 0 Å². The van der Waals surface area contributed by atoms with Crippen LogP contribution in [0.4, 0.5) is 0 Å². The highest BCUT2D eigenvalue weighted by Crippen LogP contribution is 2.19. The van der Waals surface area contributed by atoms with Crippen molar-refractivity contribution in [3.05, 3.63) is 29.1 Å². The van der Waals surface area contributed by atoms with Gasteiger partial charge < -0.3 is 0 Å². The van der Waals surface area contributed by atoms with Gasteiger partial charge in [-0.2, -0.15) is 0 Å². The second-order valence-corrected chi connectivity index (χ2v) is 3.81. The maximum atomic E-state index is 7.16. The van der Waals surface area contributed by atoms with Crippen LogP contribution in [0.3, 0.4) is 0 Å². The van der Waals surface area contributed by atoms with Crippen molar-refractivity contribution < 1.29 is 1.37 Å². The second-order valence-electron chi connectivity index (χ2n) is 2.89. The van der Waals surface area contributed by atoms with Gasteiger partial charge >= 0.3 is 0 Å². The average Bonchev–Trinajstić information content (AvgIpc) is 2.49. The van der Waals surface area contributed by atoms with Gasteiger partial charge in [-0.25, -0.2) is 0 Å². The maximum Gasteiger partial charge on any atom is 0.150 e. The molecule has 0 bridgehead atoms. The molecule has 0 nitrogen and oxygen atoms in total. The SMILES string of the molecule is [2H]C[B]c1csc2ccc(C)cc12. The Morgan fingerprint density at radius 3 is 3.25 bits per heavy atom. The van der Waals surface area contributed by atoms with Crippen LogP contribution in [-0.4, -0.2) is 7.28 Å². The Kier molecular flexibility index (Phi) is 1.65. The van der Waals surface area contributed by atoms with E-state index in [1.165, 1.54) is 21.1 Å². The van der Waals surface area contributed by atoms with Gasteiger partial charge in [0.25, 0.3) is 0 Å². The van der Waals surface area contributed by atoms with Gasteiger partial charge in [0, 0.05) is 6.07 Å². The van der Waals surface area contributed by atoms with Gasteiger partial charge in [-0.3, -0.25) is 0 Å². The fraction of sp³-hybridized carbons (Fsp3) is 0.200. The van der Waals surface area contributed by atoms with Gasteiger partial charge in [0.05, 0.1) is 0 Å². The first-order valence-corrected chi connectivity index (χ1v) is 4.79. The molecule has 0 atom stereocenters. The number of rotatable bonds is 1. The van der Waals surface area contributed by atoms with Crippen molar-refractivity contribution in [1.29, 1.82) is 0 Å². The van der Waals surface area contributed by atoms with Gasteiger partial charge in [-0.05, 0) is 23.8 Å². The zero-order valence-electron chi connectivity index (χ0n) is 8.00. The third kappa shape index (κ3) is 1.16. The van der Waals surface area contributed by atoms with Gasteiger partial charge in [0.1, 0.15) is 7.28 Å². The number of hydrogen-bond donors (Lipinski definition) is 0. The van der Waals surface area contributed by atoms with Crippen molar-refractivity contribution in [3.63, 3.8) is 0 Å². The van der Waals surface area contributed by atoms with E-state index in [0.717, 1.165) is 0 Å². The van der Waals surface area contributed by atoms with Crippen molar-refractivity contribution >= 4 is 34.2 Å². The Morgan fingerprint density at radius 2 is 2.42 bits per heavy atom. The normalized spacial score (nSPS) is 11.6. The van der Waals surface area contributed by atoms with E-state index in [1.807, 2.05) is 7.28 Å². The summed E-state index contributed by atoms with van der Waals surface area (Å²) < 4.78 is 8.47. The topological polar surface area (TPSA) is 0 Å². The number of hydrogen-bond acceptors (Lipinski definition) is 1. The van der Waals surface area contributed by atoms with E-state index >= 15 is 0 Å². The van der Waals surface area contributed by atoms with E-state index in [2.05, 4.69) is 30.5 Å². The molecule has 1 aromatic heterocycles. The Hall–Kier alpha value is -0.755. The molecule has 0 spiro atoms. The quantitative estimate of drug-likeness (QED) is 0.583. The lowest BCUT2D eigenvalue weighted by Gasteiger charge is -1.94. The lowest BCUT2D eigenvalue weighted by molar-refractivity contribution is 1.52. The molecule has 0 aliphatic carbocycles. The average molecular weight is 174 g/mol. The lowest BCUT2D eigenvalue weighted by Crippen LogP contribution is -2.07. The Balaban J connectivity index is 2.58. The van der Waals surface area contributed by atoms with E-state index in [4.69, 9.17) is 1.37 Å². The fourth-order valence-corrected chi connectivity index (χ4v) is 2.25. The molecular formula is C10H10BS. The van der Waals surface area contributed by atoms with Gasteiger partial charge in [-0.15, -0.1) is 11.3 Å². The first kappa shape index (κ1) is 6.73. The van der Waals surface area contributed by atoms with Gasteiger partial charge in [0.2, 0.25) is 0 Å². The summed E-state index contributed by atoms with van der Waals surface area (Å²) in [5.41, 5.74) is 2.49. The zero-order chi connectivity index (χ0) is 9.26. The molecule has 0 unspecified atom stereocenters. The molecule has 0 saturated carbocycles. The molecule has 2 rings (SSSR count). The van der Waals surface area contributed by atoms with Crippen LogP contribution in [-0.2, 0) is 0 Å².